The van der Waals surface area contributed by atoms with E-state index in [0.29, 0.717) is 17.4 Å². The van der Waals surface area contributed by atoms with Gasteiger partial charge < -0.3 is 28.8 Å². The number of allylic oxidation sites excluding steroid dienone is 9. The second kappa shape index (κ2) is 54.0. The molecule has 72 heavy (non-hydrogen) atoms. The minimum atomic E-state index is -4.61. The van der Waals surface area contributed by atoms with E-state index in [1.165, 1.54) is 212 Å². The van der Waals surface area contributed by atoms with E-state index in [-0.39, 0.29) is 12.5 Å². The molecule has 422 valence electrons. The number of phosphoric ester groups is 1. The molecule has 0 aliphatic carbocycles. The molecular formula is C63H119N2O6P. The lowest BCUT2D eigenvalue weighted by molar-refractivity contribution is -0.870. The van der Waals surface area contributed by atoms with Crippen molar-refractivity contribution in [3.8, 4) is 0 Å². The van der Waals surface area contributed by atoms with E-state index in [2.05, 4.69) is 67.8 Å². The molecule has 0 radical (unpaired) electrons. The van der Waals surface area contributed by atoms with E-state index in [9.17, 15) is 19.4 Å². The van der Waals surface area contributed by atoms with E-state index in [0.717, 1.165) is 51.4 Å². The van der Waals surface area contributed by atoms with Gasteiger partial charge in [0.15, 0.2) is 0 Å². The van der Waals surface area contributed by atoms with Gasteiger partial charge in [0.25, 0.3) is 7.82 Å². The summed E-state index contributed by atoms with van der Waals surface area (Å²) in [6.07, 6.45) is 73.2. The van der Waals surface area contributed by atoms with Gasteiger partial charge in [-0.2, -0.15) is 0 Å². The van der Waals surface area contributed by atoms with E-state index >= 15 is 0 Å². The van der Waals surface area contributed by atoms with Crippen molar-refractivity contribution in [2.45, 2.75) is 296 Å². The molecule has 0 aromatic carbocycles. The highest BCUT2D eigenvalue weighted by atomic mass is 31.2. The highest BCUT2D eigenvalue weighted by Crippen LogP contribution is 2.38. The molecule has 0 aromatic heterocycles. The molecule has 0 heterocycles. The van der Waals surface area contributed by atoms with E-state index < -0.39 is 26.6 Å². The maximum atomic E-state index is 13.0. The van der Waals surface area contributed by atoms with Crippen LogP contribution >= 0.6 is 7.82 Å². The SMILES string of the molecule is CCCCCCC/C=C\C/C=C\C/C=C\CCCCCCCCCCCCCCCCCCCCC(=O)NC(COP(=O)([O-])OCC[N+](C)(C)C)C(O)/C=C/CC/C=C/CCCCCCCCCCCCC. The molecule has 0 saturated carbocycles. The number of carbonyl (C=O) groups excluding carboxylic acids is 1. The summed E-state index contributed by atoms with van der Waals surface area (Å²) in [5.74, 6) is -0.205. The zero-order valence-corrected chi connectivity index (χ0v) is 49.0. The Labute approximate surface area is 447 Å². The Balaban J connectivity index is 4.09. The molecular weight excluding hydrogens is 912 g/mol. The van der Waals surface area contributed by atoms with Crippen LogP contribution in [0.4, 0.5) is 0 Å². The van der Waals surface area contributed by atoms with Gasteiger partial charge in [0.2, 0.25) is 5.91 Å². The molecule has 3 atom stereocenters. The van der Waals surface area contributed by atoms with Crippen molar-refractivity contribution >= 4 is 13.7 Å². The molecule has 3 unspecified atom stereocenters. The molecule has 0 saturated heterocycles. The van der Waals surface area contributed by atoms with Crippen LogP contribution in [0.15, 0.2) is 60.8 Å². The quantitative estimate of drug-likeness (QED) is 0.0272. The van der Waals surface area contributed by atoms with Crippen LogP contribution in [0.1, 0.15) is 284 Å². The van der Waals surface area contributed by atoms with E-state index in [1.807, 2.05) is 27.2 Å². The number of phosphoric acid groups is 1. The van der Waals surface area contributed by atoms with Crippen LogP contribution in [-0.2, 0) is 18.4 Å². The van der Waals surface area contributed by atoms with Crippen molar-refractivity contribution < 1.29 is 32.9 Å². The second-order valence-electron chi connectivity index (χ2n) is 22.0. The van der Waals surface area contributed by atoms with Crippen molar-refractivity contribution in [2.75, 3.05) is 40.9 Å². The summed E-state index contributed by atoms with van der Waals surface area (Å²) in [4.78, 5) is 25.5. The number of rotatable bonds is 56. The van der Waals surface area contributed by atoms with E-state index in [4.69, 9.17) is 9.05 Å². The summed E-state index contributed by atoms with van der Waals surface area (Å²) in [6, 6.07) is -0.904. The number of carbonyl (C=O) groups is 1. The van der Waals surface area contributed by atoms with Crippen LogP contribution in [0.3, 0.4) is 0 Å². The summed E-state index contributed by atoms with van der Waals surface area (Å²) >= 11 is 0. The van der Waals surface area contributed by atoms with Crippen LogP contribution in [-0.4, -0.2) is 68.5 Å². The third-order valence-electron chi connectivity index (χ3n) is 13.7. The third kappa shape index (κ3) is 55.9. The Morgan fingerprint density at radius 1 is 0.486 bits per heavy atom. The van der Waals surface area contributed by atoms with Gasteiger partial charge in [0.1, 0.15) is 13.2 Å². The van der Waals surface area contributed by atoms with Gasteiger partial charge in [-0.05, 0) is 70.6 Å². The van der Waals surface area contributed by atoms with Crippen molar-refractivity contribution in [1.82, 2.24) is 5.32 Å². The summed E-state index contributed by atoms with van der Waals surface area (Å²) in [5.41, 5.74) is 0. The van der Waals surface area contributed by atoms with Gasteiger partial charge in [0, 0.05) is 6.42 Å². The fraction of sp³-hybridized carbons (Fsp3) is 0.825. The number of aliphatic hydroxyl groups excluding tert-OH is 1. The van der Waals surface area contributed by atoms with Crippen molar-refractivity contribution in [2.24, 2.45) is 0 Å². The monoisotopic (exact) mass is 1030 g/mol. The fourth-order valence-electron chi connectivity index (χ4n) is 8.88. The molecule has 1 amide bonds. The number of hydrogen-bond acceptors (Lipinski definition) is 6. The van der Waals surface area contributed by atoms with Crippen LogP contribution in [0.2, 0.25) is 0 Å². The number of amides is 1. The van der Waals surface area contributed by atoms with Crippen LogP contribution in [0, 0.1) is 0 Å². The molecule has 0 fully saturated rings. The van der Waals surface area contributed by atoms with E-state index in [1.54, 1.807) is 6.08 Å². The Morgan fingerprint density at radius 2 is 0.819 bits per heavy atom. The lowest BCUT2D eigenvalue weighted by Crippen LogP contribution is -2.45. The first kappa shape index (κ1) is 70.2. The van der Waals surface area contributed by atoms with Crippen LogP contribution < -0.4 is 10.2 Å². The highest BCUT2D eigenvalue weighted by molar-refractivity contribution is 7.45. The standard InChI is InChI=1S/C63H119N2O6P/c1-6-8-10-12-14-16-18-20-22-24-25-26-27-28-29-30-31-32-33-34-35-36-37-38-39-41-43-45-47-49-51-53-55-57-63(67)64-61(60-71-72(68,69)70-59-58-65(3,4)5)62(66)56-54-52-50-48-46-44-42-40-23-21-19-17-15-13-11-9-7-2/h18,20,24-25,27-28,46,48,54,56,61-62,66H,6-17,19,21-23,26,29-45,47,49-53,55,57-60H2,1-5H3,(H-,64,67,68,69)/b20-18-,25-24-,28-27-,48-46+,56-54+. The molecule has 0 aromatic rings. The minimum Gasteiger partial charge on any atom is -0.756 e. The lowest BCUT2D eigenvalue weighted by Gasteiger charge is -2.29. The number of likely N-dealkylation sites (N-methyl/N-ethyl adjacent to an activating group) is 1. The average molecular weight is 1030 g/mol. The summed E-state index contributed by atoms with van der Waals surface area (Å²) in [6.45, 7) is 4.64. The molecule has 0 aliphatic heterocycles. The second-order valence-corrected chi connectivity index (χ2v) is 23.5. The van der Waals surface area contributed by atoms with Gasteiger partial charge in [0.05, 0.1) is 39.9 Å². The van der Waals surface area contributed by atoms with Crippen molar-refractivity contribution in [1.29, 1.82) is 0 Å². The number of nitrogens with zero attached hydrogens (tertiary/aromatic N) is 1. The van der Waals surface area contributed by atoms with Gasteiger partial charge in [-0.15, -0.1) is 0 Å². The summed E-state index contributed by atoms with van der Waals surface area (Å²) in [7, 11) is 1.25. The van der Waals surface area contributed by atoms with Crippen molar-refractivity contribution in [3.63, 3.8) is 0 Å². The van der Waals surface area contributed by atoms with Gasteiger partial charge in [-0.3, -0.25) is 9.36 Å². The van der Waals surface area contributed by atoms with Gasteiger partial charge in [-0.25, -0.2) is 0 Å². The predicted molar refractivity (Wildman–Crippen MR) is 311 cm³/mol. The predicted octanol–water partition coefficient (Wildman–Crippen LogP) is 18.2. The highest BCUT2D eigenvalue weighted by Gasteiger charge is 2.23. The average Bonchev–Trinajstić information content (AvgIpc) is 3.34. The van der Waals surface area contributed by atoms with Crippen LogP contribution in [0.25, 0.3) is 0 Å². The minimum absolute atomic E-state index is 0.00660. The smallest absolute Gasteiger partial charge is 0.268 e. The molecule has 0 rings (SSSR count). The topological polar surface area (TPSA) is 108 Å². The number of unbranched alkanes of at least 4 members (excludes halogenated alkanes) is 35. The first-order valence-corrected chi connectivity index (χ1v) is 32.1. The Kier molecular flexibility index (Phi) is 52.7. The molecule has 8 nitrogen and oxygen atoms in total. The van der Waals surface area contributed by atoms with Gasteiger partial charge >= 0.3 is 0 Å². The third-order valence-corrected chi connectivity index (χ3v) is 14.7. The first-order chi connectivity index (χ1) is 35.0. The number of nitrogens with one attached hydrogen (secondary N) is 1. The fourth-order valence-corrected chi connectivity index (χ4v) is 9.61. The number of aliphatic hydroxyl groups is 1. The molecule has 9 heteroatoms. The largest absolute Gasteiger partial charge is 0.756 e. The molecule has 0 spiro atoms. The Bertz CT molecular complexity index is 1360. The molecule has 0 aliphatic rings. The summed E-state index contributed by atoms with van der Waals surface area (Å²) < 4.78 is 23.3. The summed E-state index contributed by atoms with van der Waals surface area (Å²) in [5, 5.41) is 13.9. The zero-order valence-electron chi connectivity index (χ0n) is 48.1. The lowest BCUT2D eigenvalue weighted by atomic mass is 10.0. The first-order valence-electron chi connectivity index (χ1n) is 30.7. The zero-order chi connectivity index (χ0) is 52.7. The Hall–Kier alpha value is -1.80. The normalized spacial score (nSPS) is 14.3. The number of hydrogen-bond donors (Lipinski definition) is 2. The van der Waals surface area contributed by atoms with Crippen molar-refractivity contribution in [3.05, 3.63) is 60.8 Å². The number of quaternary nitrogens is 1. The van der Waals surface area contributed by atoms with Crippen LogP contribution in [0.5, 0.6) is 0 Å². The maximum Gasteiger partial charge on any atom is 0.268 e. The van der Waals surface area contributed by atoms with Gasteiger partial charge in [-0.1, -0.05) is 267 Å². The molecule has 2 N–H and O–H groups in total. The Morgan fingerprint density at radius 3 is 1.22 bits per heavy atom. The maximum absolute atomic E-state index is 13.0. The molecule has 0 bridgehead atoms.